The maximum atomic E-state index is 4.79. The van der Waals surface area contributed by atoms with E-state index in [4.69, 9.17) is 4.98 Å². The van der Waals surface area contributed by atoms with Crippen LogP contribution < -0.4 is 0 Å². The highest BCUT2D eigenvalue weighted by atomic mass is 79.9. The van der Waals surface area contributed by atoms with Gasteiger partial charge in [0.15, 0.2) is 0 Å². The molecule has 0 aromatic carbocycles. The molecule has 1 rings (SSSR count). The molecule has 3 heteroatoms. The summed E-state index contributed by atoms with van der Waals surface area (Å²) < 4.78 is 0. The molecule has 0 aliphatic carbocycles. The Morgan fingerprint density at radius 2 is 1.88 bits per heavy atom. The molecule has 0 fully saturated rings. The maximum absolute atomic E-state index is 4.79. The third-order valence-corrected chi connectivity index (χ3v) is 5.70. The molecule has 0 N–H and O–H groups in total. The van der Waals surface area contributed by atoms with Crippen LogP contribution in [0.3, 0.4) is 0 Å². The van der Waals surface area contributed by atoms with E-state index in [0.717, 1.165) is 11.8 Å². The molecule has 1 heterocycles. The first kappa shape index (κ1) is 15.2. The van der Waals surface area contributed by atoms with Crippen LogP contribution in [0.1, 0.15) is 52.2 Å². The number of rotatable bonds is 4. The normalized spacial score (nSPS) is 16.2. The van der Waals surface area contributed by atoms with Crippen molar-refractivity contribution in [3.05, 3.63) is 16.1 Å². The summed E-state index contributed by atoms with van der Waals surface area (Å²) in [5, 5.41) is 4.51. The molecule has 0 aliphatic heterocycles. The molecule has 0 radical (unpaired) electrons. The highest BCUT2D eigenvalue weighted by molar-refractivity contribution is 9.09. The molecule has 98 valence electrons. The van der Waals surface area contributed by atoms with Gasteiger partial charge in [-0.05, 0) is 11.3 Å². The minimum Gasteiger partial charge on any atom is -0.246 e. The van der Waals surface area contributed by atoms with Gasteiger partial charge in [0.1, 0.15) is 0 Å². The zero-order valence-corrected chi connectivity index (χ0v) is 14.2. The van der Waals surface area contributed by atoms with E-state index in [1.54, 1.807) is 11.3 Å². The SMILES string of the molecule is CC(C)C(C)(CBr)Cc1nc(C(C)(C)C)cs1. The van der Waals surface area contributed by atoms with Crippen molar-refractivity contribution in [3.63, 3.8) is 0 Å². The number of nitrogens with zero attached hydrogens (tertiary/aromatic N) is 1. The van der Waals surface area contributed by atoms with Gasteiger partial charge in [-0.25, -0.2) is 4.98 Å². The lowest BCUT2D eigenvalue weighted by Crippen LogP contribution is -2.28. The summed E-state index contributed by atoms with van der Waals surface area (Å²) in [6.07, 6.45) is 1.07. The third-order valence-electron chi connectivity index (χ3n) is 3.57. The Hall–Kier alpha value is 0.110. The summed E-state index contributed by atoms with van der Waals surface area (Å²) in [6, 6.07) is 0. The van der Waals surface area contributed by atoms with Crippen LogP contribution in [0.5, 0.6) is 0 Å². The molecule has 0 bridgehead atoms. The van der Waals surface area contributed by atoms with Crippen LogP contribution >= 0.6 is 27.3 Å². The Morgan fingerprint density at radius 3 is 2.24 bits per heavy atom. The lowest BCUT2D eigenvalue weighted by atomic mass is 9.78. The molecular weight excluding hydrogens is 294 g/mol. The van der Waals surface area contributed by atoms with E-state index >= 15 is 0 Å². The van der Waals surface area contributed by atoms with Crippen molar-refractivity contribution in [2.75, 3.05) is 5.33 Å². The predicted molar refractivity (Wildman–Crippen MR) is 81.3 cm³/mol. The minimum atomic E-state index is 0.164. The zero-order valence-electron chi connectivity index (χ0n) is 11.8. The maximum Gasteiger partial charge on any atom is 0.0934 e. The summed E-state index contributed by atoms with van der Waals surface area (Å²) in [4.78, 5) is 4.79. The fourth-order valence-corrected chi connectivity index (χ4v) is 3.55. The van der Waals surface area contributed by atoms with Crippen LogP contribution in [0, 0.1) is 11.3 Å². The second kappa shape index (κ2) is 5.40. The molecule has 1 aromatic rings. The second-order valence-electron chi connectivity index (χ2n) is 6.50. The highest BCUT2D eigenvalue weighted by Crippen LogP contribution is 2.35. The summed E-state index contributed by atoms with van der Waals surface area (Å²) in [5.41, 5.74) is 1.68. The Kier molecular flexibility index (Phi) is 4.81. The van der Waals surface area contributed by atoms with Crippen LogP contribution in [0.25, 0.3) is 0 Å². The summed E-state index contributed by atoms with van der Waals surface area (Å²) >= 11 is 5.46. The number of aromatic nitrogens is 1. The van der Waals surface area contributed by atoms with Gasteiger partial charge in [0.25, 0.3) is 0 Å². The Bertz CT molecular complexity index is 365. The van der Waals surface area contributed by atoms with Crippen molar-refractivity contribution in [2.45, 2.75) is 53.4 Å². The quantitative estimate of drug-likeness (QED) is 0.709. The Labute approximate surface area is 118 Å². The predicted octanol–water partition coefficient (Wildman–Crippen LogP) is 5.04. The molecule has 0 saturated carbocycles. The van der Waals surface area contributed by atoms with Crippen LogP contribution in [0.2, 0.25) is 0 Å². The van der Waals surface area contributed by atoms with E-state index in [2.05, 4.69) is 62.9 Å². The first-order valence-corrected chi connectivity index (χ1v) is 8.20. The van der Waals surface area contributed by atoms with Gasteiger partial charge in [-0.1, -0.05) is 57.5 Å². The molecule has 1 atom stereocenters. The smallest absolute Gasteiger partial charge is 0.0934 e. The van der Waals surface area contributed by atoms with E-state index in [0.29, 0.717) is 11.3 Å². The van der Waals surface area contributed by atoms with Crippen molar-refractivity contribution in [2.24, 2.45) is 11.3 Å². The fraction of sp³-hybridized carbons (Fsp3) is 0.786. The standard InChI is InChI=1S/C14H24BrNS/c1-10(2)14(6,9-15)7-12-16-11(8-17-12)13(3,4)5/h8,10H,7,9H2,1-6H3. The van der Waals surface area contributed by atoms with Gasteiger partial charge < -0.3 is 0 Å². The molecular formula is C14H24BrNS. The Morgan fingerprint density at radius 1 is 1.29 bits per heavy atom. The first-order valence-electron chi connectivity index (χ1n) is 6.20. The van der Waals surface area contributed by atoms with Crippen molar-refractivity contribution >= 4 is 27.3 Å². The molecule has 0 spiro atoms. The minimum absolute atomic E-state index is 0.164. The van der Waals surface area contributed by atoms with Crippen molar-refractivity contribution in [3.8, 4) is 0 Å². The molecule has 1 aromatic heterocycles. The van der Waals surface area contributed by atoms with Crippen LogP contribution in [-0.2, 0) is 11.8 Å². The third kappa shape index (κ3) is 3.78. The average Bonchev–Trinajstić information content (AvgIpc) is 2.65. The Balaban J connectivity index is 2.86. The van der Waals surface area contributed by atoms with E-state index < -0.39 is 0 Å². The summed E-state index contributed by atoms with van der Waals surface area (Å²) in [5.74, 6) is 0.656. The van der Waals surface area contributed by atoms with Crippen molar-refractivity contribution in [1.82, 2.24) is 4.98 Å². The molecule has 1 nitrogen and oxygen atoms in total. The zero-order chi connectivity index (χ0) is 13.3. The van der Waals surface area contributed by atoms with E-state index in [1.165, 1.54) is 10.7 Å². The number of hydrogen-bond donors (Lipinski definition) is 0. The first-order chi connectivity index (χ1) is 7.69. The van der Waals surface area contributed by atoms with Crippen LogP contribution in [0.4, 0.5) is 0 Å². The van der Waals surface area contributed by atoms with Gasteiger partial charge in [-0.15, -0.1) is 11.3 Å². The summed E-state index contributed by atoms with van der Waals surface area (Å²) in [7, 11) is 0. The van der Waals surface area contributed by atoms with E-state index in [1.807, 2.05) is 0 Å². The number of thiazole rings is 1. The second-order valence-corrected chi connectivity index (χ2v) is 8.00. The molecule has 0 amide bonds. The van der Waals surface area contributed by atoms with Gasteiger partial charge in [-0.3, -0.25) is 0 Å². The largest absolute Gasteiger partial charge is 0.246 e. The lowest BCUT2D eigenvalue weighted by Gasteiger charge is -2.31. The molecule has 0 saturated heterocycles. The monoisotopic (exact) mass is 317 g/mol. The highest BCUT2D eigenvalue weighted by Gasteiger charge is 2.29. The summed E-state index contributed by atoms with van der Waals surface area (Å²) in [6.45, 7) is 13.6. The molecule has 0 aliphatic rings. The molecule has 17 heavy (non-hydrogen) atoms. The van der Waals surface area contributed by atoms with Crippen LogP contribution in [-0.4, -0.2) is 10.3 Å². The topological polar surface area (TPSA) is 12.9 Å². The van der Waals surface area contributed by atoms with Gasteiger partial charge in [0.05, 0.1) is 10.7 Å². The van der Waals surface area contributed by atoms with Gasteiger partial charge in [0.2, 0.25) is 0 Å². The molecule has 1 unspecified atom stereocenters. The van der Waals surface area contributed by atoms with Crippen molar-refractivity contribution < 1.29 is 0 Å². The lowest BCUT2D eigenvalue weighted by molar-refractivity contribution is 0.257. The van der Waals surface area contributed by atoms with Crippen molar-refractivity contribution in [1.29, 1.82) is 0 Å². The van der Waals surface area contributed by atoms with Gasteiger partial charge in [-0.2, -0.15) is 0 Å². The number of alkyl halides is 1. The van der Waals surface area contributed by atoms with Gasteiger partial charge in [0, 0.05) is 22.5 Å². The average molecular weight is 318 g/mol. The van der Waals surface area contributed by atoms with E-state index in [-0.39, 0.29) is 5.41 Å². The van der Waals surface area contributed by atoms with E-state index in [9.17, 15) is 0 Å². The van der Waals surface area contributed by atoms with Crippen LogP contribution in [0.15, 0.2) is 5.38 Å². The van der Waals surface area contributed by atoms with Gasteiger partial charge >= 0.3 is 0 Å². The fourth-order valence-electron chi connectivity index (χ4n) is 1.49. The number of halogens is 1. The number of hydrogen-bond acceptors (Lipinski definition) is 2.